The highest BCUT2D eigenvalue weighted by Gasteiger charge is 2.15. The predicted octanol–water partition coefficient (Wildman–Crippen LogP) is -0.962. The Morgan fingerprint density at radius 1 is 1.70 bits per heavy atom. The lowest BCUT2D eigenvalue weighted by atomic mass is 10.3. The van der Waals surface area contributed by atoms with Crippen molar-refractivity contribution in [3.05, 3.63) is 0 Å². The van der Waals surface area contributed by atoms with Gasteiger partial charge in [-0.3, -0.25) is 0 Å². The van der Waals surface area contributed by atoms with E-state index in [2.05, 4.69) is 18.4 Å². The van der Waals surface area contributed by atoms with E-state index in [4.69, 9.17) is 5.11 Å². The molecule has 0 rings (SSSR count). The lowest BCUT2D eigenvalue weighted by molar-refractivity contribution is -0.138. The van der Waals surface area contributed by atoms with Gasteiger partial charge in [-0.05, 0) is 0 Å². The van der Waals surface area contributed by atoms with E-state index in [9.17, 15) is 9.59 Å². The van der Waals surface area contributed by atoms with E-state index in [1.54, 1.807) is 0 Å². The lowest BCUT2D eigenvalue weighted by Gasteiger charge is -2.07. The van der Waals surface area contributed by atoms with Crippen LogP contribution in [0.1, 0.15) is 0 Å². The van der Waals surface area contributed by atoms with Crippen LogP contribution in [0.5, 0.6) is 0 Å². The van der Waals surface area contributed by atoms with Gasteiger partial charge in [-0.1, -0.05) is 0 Å². The third-order valence-corrected chi connectivity index (χ3v) is 1.16. The number of carboxylic acids is 1. The maximum atomic E-state index is 10.1. The molecule has 58 valence electrons. The molecule has 0 aromatic rings. The number of hydrogen-bond donors (Lipinski definition) is 4. The number of nitrogens with two attached hydrogens (primary N) is 1. The molecule has 0 aromatic carbocycles. The Morgan fingerprint density at radius 2 is 2.20 bits per heavy atom. The quantitative estimate of drug-likeness (QED) is 0.405. The summed E-state index contributed by atoms with van der Waals surface area (Å²) in [5.74, 6) is -1.12. The standard InChI is InChI=1S/C4H8N2O3S/c5-4(9)6-2(1-10)3(7)8/h2,10H,1H2,(H,7,8)(H3,5,6,9)/t2-/m0/s1. The molecule has 0 saturated heterocycles. The van der Waals surface area contributed by atoms with Gasteiger partial charge in [0.25, 0.3) is 0 Å². The summed E-state index contributed by atoms with van der Waals surface area (Å²) in [6.45, 7) is 0. The summed E-state index contributed by atoms with van der Waals surface area (Å²) >= 11 is 3.68. The zero-order valence-electron chi connectivity index (χ0n) is 5.07. The molecule has 10 heavy (non-hydrogen) atoms. The van der Waals surface area contributed by atoms with Crippen LogP contribution in [0.15, 0.2) is 0 Å². The van der Waals surface area contributed by atoms with Crippen LogP contribution in [0, 0.1) is 0 Å². The minimum Gasteiger partial charge on any atom is -0.480 e. The molecule has 5 nitrogen and oxygen atoms in total. The normalized spacial score (nSPS) is 12.1. The number of nitrogens with one attached hydrogen (secondary N) is 1. The van der Waals surface area contributed by atoms with Gasteiger partial charge in [-0.2, -0.15) is 12.6 Å². The van der Waals surface area contributed by atoms with Crippen molar-refractivity contribution >= 4 is 24.6 Å². The summed E-state index contributed by atoms with van der Waals surface area (Å²) in [6, 6.07) is -1.86. The van der Waals surface area contributed by atoms with Crippen molar-refractivity contribution in [2.45, 2.75) is 6.04 Å². The summed E-state index contributed by atoms with van der Waals surface area (Å²) in [4.78, 5) is 20.2. The number of carbonyl (C=O) groups excluding carboxylic acids is 1. The minimum atomic E-state index is -1.14. The van der Waals surface area contributed by atoms with Crippen LogP contribution < -0.4 is 11.1 Å². The zero-order valence-corrected chi connectivity index (χ0v) is 5.97. The van der Waals surface area contributed by atoms with Gasteiger partial charge >= 0.3 is 12.0 Å². The highest BCUT2D eigenvalue weighted by molar-refractivity contribution is 7.80. The van der Waals surface area contributed by atoms with E-state index in [1.165, 1.54) is 0 Å². The fourth-order valence-corrected chi connectivity index (χ4v) is 0.605. The zero-order chi connectivity index (χ0) is 8.15. The van der Waals surface area contributed by atoms with Crippen LogP contribution in [-0.4, -0.2) is 28.9 Å². The second kappa shape index (κ2) is 3.99. The fourth-order valence-electron chi connectivity index (χ4n) is 0.357. The average molecular weight is 164 g/mol. The van der Waals surface area contributed by atoms with Crippen LogP contribution >= 0.6 is 12.6 Å². The van der Waals surface area contributed by atoms with Crippen molar-refractivity contribution in [3.63, 3.8) is 0 Å². The van der Waals surface area contributed by atoms with E-state index in [0.29, 0.717) is 0 Å². The molecule has 4 N–H and O–H groups in total. The Labute approximate surface area is 63.0 Å². The van der Waals surface area contributed by atoms with Gasteiger partial charge in [-0.15, -0.1) is 0 Å². The summed E-state index contributed by atoms with van der Waals surface area (Å²) < 4.78 is 0. The minimum absolute atomic E-state index is 0.0261. The molecule has 6 heteroatoms. The Bertz CT molecular complexity index is 149. The molecule has 1 atom stereocenters. The van der Waals surface area contributed by atoms with Gasteiger partial charge < -0.3 is 16.2 Å². The highest BCUT2D eigenvalue weighted by Crippen LogP contribution is 1.86. The van der Waals surface area contributed by atoms with Crippen LogP contribution in [0.25, 0.3) is 0 Å². The Morgan fingerprint density at radius 3 is 2.30 bits per heavy atom. The molecule has 0 aromatic heterocycles. The summed E-state index contributed by atoms with van der Waals surface area (Å²) in [5, 5.41) is 10.3. The second-order valence-electron chi connectivity index (χ2n) is 1.58. The van der Waals surface area contributed by atoms with E-state index in [1.807, 2.05) is 5.32 Å². The van der Waals surface area contributed by atoms with E-state index in [0.717, 1.165) is 0 Å². The SMILES string of the molecule is NC(=O)N[C@@H](CS)C(=O)O. The van der Waals surface area contributed by atoms with Crippen LogP contribution in [0.4, 0.5) is 4.79 Å². The molecule has 0 radical (unpaired) electrons. The maximum absolute atomic E-state index is 10.1. The van der Waals surface area contributed by atoms with Crippen LogP contribution in [0.3, 0.4) is 0 Å². The number of carboxylic acid groups (broad SMARTS) is 1. The molecule has 0 aliphatic rings. The first-order chi connectivity index (χ1) is 4.57. The third-order valence-electron chi connectivity index (χ3n) is 0.797. The first kappa shape index (κ1) is 9.09. The number of amides is 2. The number of aliphatic carboxylic acids is 1. The van der Waals surface area contributed by atoms with Gasteiger partial charge in [0.05, 0.1) is 0 Å². The summed E-state index contributed by atoms with van der Waals surface area (Å²) in [6.07, 6.45) is 0. The van der Waals surface area contributed by atoms with E-state index in [-0.39, 0.29) is 5.75 Å². The predicted molar refractivity (Wildman–Crippen MR) is 38.0 cm³/mol. The van der Waals surface area contributed by atoms with Gasteiger partial charge in [0.15, 0.2) is 0 Å². The van der Waals surface area contributed by atoms with E-state index >= 15 is 0 Å². The number of hydrogen-bond acceptors (Lipinski definition) is 3. The van der Waals surface area contributed by atoms with Crippen molar-refractivity contribution in [2.75, 3.05) is 5.75 Å². The number of primary amides is 1. The van der Waals surface area contributed by atoms with Crippen LogP contribution in [0.2, 0.25) is 0 Å². The molecular formula is C4H8N2O3S. The molecule has 0 fully saturated rings. The fraction of sp³-hybridized carbons (Fsp3) is 0.500. The smallest absolute Gasteiger partial charge is 0.327 e. The Kier molecular flexibility index (Phi) is 3.63. The summed E-state index contributed by atoms with van der Waals surface area (Å²) in [5.41, 5.74) is 4.66. The number of thiol groups is 1. The maximum Gasteiger partial charge on any atom is 0.327 e. The average Bonchev–Trinajstić information content (AvgIpc) is 1.81. The lowest BCUT2D eigenvalue weighted by Crippen LogP contribution is -2.44. The number of carbonyl (C=O) groups is 2. The third kappa shape index (κ3) is 3.18. The van der Waals surface area contributed by atoms with E-state index < -0.39 is 18.0 Å². The van der Waals surface area contributed by atoms with Crippen molar-refractivity contribution in [1.29, 1.82) is 0 Å². The highest BCUT2D eigenvalue weighted by atomic mass is 32.1. The van der Waals surface area contributed by atoms with Gasteiger partial charge in [0.1, 0.15) is 6.04 Å². The summed E-state index contributed by atoms with van der Waals surface area (Å²) in [7, 11) is 0. The van der Waals surface area contributed by atoms with Gasteiger partial charge in [0.2, 0.25) is 0 Å². The van der Waals surface area contributed by atoms with Crippen molar-refractivity contribution in [1.82, 2.24) is 5.32 Å². The number of rotatable bonds is 3. The molecule has 0 aliphatic carbocycles. The second-order valence-corrected chi connectivity index (χ2v) is 1.95. The van der Waals surface area contributed by atoms with Gasteiger partial charge in [-0.25, -0.2) is 9.59 Å². The van der Waals surface area contributed by atoms with Crippen molar-refractivity contribution in [3.8, 4) is 0 Å². The Hall–Kier alpha value is -0.910. The molecule has 0 bridgehead atoms. The molecule has 0 spiro atoms. The van der Waals surface area contributed by atoms with Gasteiger partial charge in [0, 0.05) is 5.75 Å². The molecular weight excluding hydrogens is 156 g/mol. The monoisotopic (exact) mass is 164 g/mol. The molecule has 0 saturated carbocycles. The number of urea groups is 1. The Balaban J connectivity index is 3.83. The molecule has 0 heterocycles. The largest absolute Gasteiger partial charge is 0.480 e. The molecule has 0 aliphatic heterocycles. The van der Waals surface area contributed by atoms with Crippen molar-refractivity contribution < 1.29 is 14.7 Å². The topological polar surface area (TPSA) is 92.4 Å². The molecule has 0 unspecified atom stereocenters. The molecule has 2 amide bonds. The van der Waals surface area contributed by atoms with Crippen LogP contribution in [-0.2, 0) is 4.79 Å². The first-order valence-corrected chi connectivity index (χ1v) is 3.10. The first-order valence-electron chi connectivity index (χ1n) is 2.47. The van der Waals surface area contributed by atoms with Crippen molar-refractivity contribution in [2.24, 2.45) is 5.73 Å².